The summed E-state index contributed by atoms with van der Waals surface area (Å²) in [5.74, 6) is -1.79. The number of hydrogen-bond donors (Lipinski definition) is 0. The maximum absolute atomic E-state index is 13.4. The number of alkyl halides is 2. The highest BCUT2D eigenvalue weighted by Gasteiger charge is 2.45. The van der Waals surface area contributed by atoms with Crippen LogP contribution in [-0.4, -0.2) is 16.3 Å². The van der Waals surface area contributed by atoms with E-state index in [9.17, 15) is 18.0 Å². The van der Waals surface area contributed by atoms with Gasteiger partial charge in [0, 0.05) is 10.8 Å². The van der Waals surface area contributed by atoms with Crippen LogP contribution in [0.2, 0.25) is 0 Å². The summed E-state index contributed by atoms with van der Waals surface area (Å²) in [5.41, 5.74) is -0.153. The van der Waals surface area contributed by atoms with Crippen LogP contribution in [0, 0.1) is 5.82 Å². The van der Waals surface area contributed by atoms with E-state index in [1.807, 2.05) is 0 Å². The van der Waals surface area contributed by atoms with E-state index in [-0.39, 0.29) is 10.8 Å². The molecule has 0 N–H and O–H groups in total. The van der Waals surface area contributed by atoms with Gasteiger partial charge in [0.1, 0.15) is 5.82 Å². The Balaban J connectivity index is 2.13. The number of carbonyl (C=O) groups is 1. The summed E-state index contributed by atoms with van der Waals surface area (Å²) in [6, 6.07) is 4.17. The van der Waals surface area contributed by atoms with Crippen molar-refractivity contribution in [2.45, 2.75) is 23.3 Å². The Morgan fingerprint density at radius 3 is 2.31 bits per heavy atom. The van der Waals surface area contributed by atoms with Crippen LogP contribution in [0.5, 0.6) is 0 Å². The van der Waals surface area contributed by atoms with Crippen LogP contribution < -0.4 is 0 Å². The molecule has 0 aromatic heterocycles. The second-order valence-electron chi connectivity index (χ2n) is 3.67. The topological polar surface area (TPSA) is 17.1 Å². The first-order chi connectivity index (χ1) is 7.49. The van der Waals surface area contributed by atoms with Gasteiger partial charge in [0.15, 0.2) is 0 Å². The lowest BCUT2D eigenvalue weighted by molar-refractivity contribution is 0.0566. The molecule has 0 saturated heterocycles. The second kappa shape index (κ2) is 4.13. The molecule has 1 aliphatic carbocycles. The molecular weight excluding hydrogens is 237 g/mol. The molecule has 0 aliphatic heterocycles. The molecule has 1 saturated carbocycles. The molecule has 0 radical (unpaired) electrons. The first-order valence-electron chi connectivity index (χ1n) is 4.85. The van der Waals surface area contributed by atoms with Crippen molar-refractivity contribution in [1.29, 1.82) is 0 Å². The summed E-state index contributed by atoms with van der Waals surface area (Å²) < 4.78 is 39.4. The zero-order valence-electron chi connectivity index (χ0n) is 8.25. The molecule has 1 aromatic carbocycles. The van der Waals surface area contributed by atoms with Crippen molar-refractivity contribution in [2.24, 2.45) is 0 Å². The van der Waals surface area contributed by atoms with Gasteiger partial charge in [0.2, 0.25) is 5.78 Å². The number of Topliss-reactive ketones (excluding diaryl/α,β-unsaturated/α-hetero) is 1. The molecular formula is C11H9F3OS. The summed E-state index contributed by atoms with van der Waals surface area (Å²) >= 11 is 0.398. The monoisotopic (exact) mass is 246 g/mol. The van der Waals surface area contributed by atoms with E-state index in [4.69, 9.17) is 0 Å². The van der Waals surface area contributed by atoms with Crippen LogP contribution in [0.15, 0.2) is 24.3 Å². The minimum Gasteiger partial charge on any atom is -0.286 e. The highest BCUT2D eigenvalue weighted by atomic mass is 32.2. The van der Waals surface area contributed by atoms with Crippen molar-refractivity contribution in [1.82, 2.24) is 0 Å². The van der Waals surface area contributed by atoms with Gasteiger partial charge in [-0.2, -0.15) is 8.78 Å². The number of halogens is 3. The molecule has 86 valence electrons. The number of benzene rings is 1. The number of ketones is 1. The molecule has 0 atom stereocenters. The van der Waals surface area contributed by atoms with Crippen molar-refractivity contribution in [3.05, 3.63) is 35.6 Å². The Morgan fingerprint density at radius 2 is 1.81 bits per heavy atom. The molecule has 0 unspecified atom stereocenters. The fourth-order valence-corrected chi connectivity index (χ4v) is 2.23. The molecule has 1 fully saturated rings. The quantitative estimate of drug-likeness (QED) is 0.756. The van der Waals surface area contributed by atoms with Crippen molar-refractivity contribution in [2.75, 3.05) is 0 Å². The van der Waals surface area contributed by atoms with Gasteiger partial charge in [-0.05, 0) is 37.1 Å². The van der Waals surface area contributed by atoms with Gasteiger partial charge >= 0.3 is 5.25 Å². The predicted octanol–water partition coefficient (Wildman–Crippen LogP) is 3.50. The summed E-state index contributed by atoms with van der Waals surface area (Å²) in [6.07, 6.45) is 1.47. The number of thioether (sulfide) groups is 1. The third kappa shape index (κ3) is 2.58. The smallest absolute Gasteiger partial charge is 0.286 e. The van der Waals surface area contributed by atoms with Gasteiger partial charge in [-0.25, -0.2) is 4.39 Å². The van der Waals surface area contributed by atoms with Crippen molar-refractivity contribution in [3.8, 4) is 0 Å². The van der Waals surface area contributed by atoms with Gasteiger partial charge in [-0.1, -0.05) is 11.8 Å². The Labute approximate surface area is 95.0 Å². The van der Waals surface area contributed by atoms with E-state index in [1.54, 1.807) is 0 Å². The van der Waals surface area contributed by atoms with Gasteiger partial charge in [-0.15, -0.1) is 0 Å². The highest BCUT2D eigenvalue weighted by molar-refractivity contribution is 8.01. The molecule has 0 spiro atoms. The minimum atomic E-state index is -3.40. The van der Waals surface area contributed by atoms with E-state index >= 15 is 0 Å². The Kier molecular flexibility index (Phi) is 2.97. The van der Waals surface area contributed by atoms with Gasteiger partial charge in [0.05, 0.1) is 0 Å². The van der Waals surface area contributed by atoms with Crippen LogP contribution in [-0.2, 0) is 0 Å². The number of hydrogen-bond acceptors (Lipinski definition) is 2. The third-order valence-corrected chi connectivity index (χ3v) is 3.50. The fourth-order valence-electron chi connectivity index (χ4n) is 1.22. The Hall–Kier alpha value is -0.970. The number of carbonyl (C=O) groups excluding carboxylic acids is 1. The molecule has 0 amide bonds. The van der Waals surface area contributed by atoms with E-state index in [0.29, 0.717) is 11.8 Å². The van der Waals surface area contributed by atoms with Crippen molar-refractivity contribution in [3.63, 3.8) is 0 Å². The standard InChI is InChI=1S/C11H9F3OS/c12-8-3-1-7(2-4-8)10(15)11(13,14)16-9-5-6-9/h1-4,9H,5-6H2. The summed E-state index contributed by atoms with van der Waals surface area (Å²) in [6.45, 7) is 0. The van der Waals surface area contributed by atoms with Crippen LogP contribution in [0.3, 0.4) is 0 Å². The zero-order chi connectivity index (χ0) is 11.8. The molecule has 2 rings (SSSR count). The molecule has 1 nitrogen and oxygen atoms in total. The predicted molar refractivity (Wildman–Crippen MR) is 56.3 cm³/mol. The first kappa shape index (κ1) is 11.5. The number of rotatable bonds is 4. The lowest BCUT2D eigenvalue weighted by Gasteiger charge is -2.13. The SMILES string of the molecule is O=C(c1ccc(F)cc1)C(F)(F)SC1CC1. The van der Waals surface area contributed by atoms with E-state index in [0.717, 1.165) is 37.1 Å². The van der Waals surface area contributed by atoms with Crippen LogP contribution in [0.4, 0.5) is 13.2 Å². The van der Waals surface area contributed by atoms with Crippen LogP contribution >= 0.6 is 11.8 Å². The molecule has 1 aliphatic rings. The van der Waals surface area contributed by atoms with Crippen molar-refractivity contribution < 1.29 is 18.0 Å². The highest BCUT2D eigenvalue weighted by Crippen LogP contribution is 2.45. The maximum atomic E-state index is 13.4. The summed E-state index contributed by atoms with van der Waals surface area (Å²) in [4.78, 5) is 11.4. The van der Waals surface area contributed by atoms with E-state index in [2.05, 4.69) is 0 Å². The third-order valence-electron chi connectivity index (χ3n) is 2.21. The van der Waals surface area contributed by atoms with Crippen molar-refractivity contribution >= 4 is 17.5 Å². The Bertz CT molecular complexity index is 398. The van der Waals surface area contributed by atoms with Gasteiger partial charge < -0.3 is 0 Å². The molecule has 0 bridgehead atoms. The molecule has 5 heteroatoms. The van der Waals surface area contributed by atoms with Gasteiger partial charge in [0.25, 0.3) is 0 Å². The van der Waals surface area contributed by atoms with E-state index < -0.39 is 16.9 Å². The first-order valence-corrected chi connectivity index (χ1v) is 5.73. The average molecular weight is 246 g/mol. The van der Waals surface area contributed by atoms with Crippen LogP contribution in [0.25, 0.3) is 0 Å². The fraction of sp³-hybridized carbons (Fsp3) is 0.364. The van der Waals surface area contributed by atoms with Gasteiger partial charge in [-0.3, -0.25) is 4.79 Å². The summed E-state index contributed by atoms with van der Waals surface area (Å²) in [7, 11) is 0. The summed E-state index contributed by atoms with van der Waals surface area (Å²) in [5, 5.41) is -3.52. The normalized spacial score (nSPS) is 16.2. The maximum Gasteiger partial charge on any atom is 0.356 e. The lowest BCUT2D eigenvalue weighted by Crippen LogP contribution is -2.25. The molecule has 16 heavy (non-hydrogen) atoms. The average Bonchev–Trinajstić information content (AvgIpc) is 3.01. The Morgan fingerprint density at radius 1 is 1.25 bits per heavy atom. The largest absolute Gasteiger partial charge is 0.356 e. The molecule has 1 aromatic rings. The zero-order valence-corrected chi connectivity index (χ0v) is 9.07. The second-order valence-corrected chi connectivity index (χ2v) is 5.09. The molecule has 0 heterocycles. The van der Waals surface area contributed by atoms with Crippen LogP contribution in [0.1, 0.15) is 23.2 Å². The minimum absolute atomic E-state index is 0.112. The lowest BCUT2D eigenvalue weighted by atomic mass is 10.1. The van der Waals surface area contributed by atoms with E-state index in [1.165, 1.54) is 0 Å².